The molecule has 4 heteroatoms. The number of pyridine rings is 1. The summed E-state index contributed by atoms with van der Waals surface area (Å²) in [6.45, 7) is 3.22. The Morgan fingerprint density at radius 1 is 1.09 bits per heavy atom. The standard InChI is InChI=1S/C18H17ClN2O/c1-12-2-7-17-16(8-12)18(22)14(11-21-17)10-20-9-13-3-5-15(19)6-4-13/h2-8,11,20H,9-10H2,1H3,(H,21,22). The highest BCUT2D eigenvalue weighted by molar-refractivity contribution is 6.30. The van der Waals surface area contributed by atoms with Crippen molar-refractivity contribution in [3.63, 3.8) is 0 Å². The van der Waals surface area contributed by atoms with Crippen molar-refractivity contribution in [2.45, 2.75) is 20.0 Å². The summed E-state index contributed by atoms with van der Waals surface area (Å²) in [5, 5.41) is 4.76. The molecule has 0 bridgehead atoms. The minimum Gasteiger partial charge on any atom is -0.361 e. The maximum Gasteiger partial charge on any atom is 0.193 e. The molecule has 0 unspecified atom stereocenters. The summed E-state index contributed by atoms with van der Waals surface area (Å²) in [5.74, 6) is 0. The van der Waals surface area contributed by atoms with Crippen LogP contribution in [0.15, 0.2) is 53.5 Å². The van der Waals surface area contributed by atoms with Crippen molar-refractivity contribution in [2.24, 2.45) is 0 Å². The van der Waals surface area contributed by atoms with Crippen LogP contribution in [0.4, 0.5) is 0 Å². The molecule has 0 aliphatic carbocycles. The fraction of sp³-hybridized carbons (Fsp3) is 0.167. The monoisotopic (exact) mass is 312 g/mol. The van der Waals surface area contributed by atoms with E-state index < -0.39 is 0 Å². The minimum atomic E-state index is 0.0843. The maximum atomic E-state index is 12.5. The normalized spacial score (nSPS) is 11.0. The van der Waals surface area contributed by atoms with Gasteiger partial charge in [0.25, 0.3) is 0 Å². The lowest BCUT2D eigenvalue weighted by Crippen LogP contribution is -2.19. The molecule has 22 heavy (non-hydrogen) atoms. The van der Waals surface area contributed by atoms with Crippen LogP contribution in [0.5, 0.6) is 0 Å². The first-order valence-corrected chi connectivity index (χ1v) is 7.57. The Morgan fingerprint density at radius 2 is 1.86 bits per heavy atom. The van der Waals surface area contributed by atoms with Crippen LogP contribution in [0, 0.1) is 6.92 Å². The zero-order chi connectivity index (χ0) is 15.5. The van der Waals surface area contributed by atoms with Gasteiger partial charge >= 0.3 is 0 Å². The van der Waals surface area contributed by atoms with Crippen molar-refractivity contribution in [2.75, 3.05) is 0 Å². The highest BCUT2D eigenvalue weighted by Crippen LogP contribution is 2.11. The van der Waals surface area contributed by atoms with Crippen LogP contribution in [0.25, 0.3) is 10.9 Å². The van der Waals surface area contributed by atoms with Gasteiger partial charge in [0.2, 0.25) is 0 Å². The second-order valence-corrected chi connectivity index (χ2v) is 5.86. The van der Waals surface area contributed by atoms with E-state index in [1.165, 1.54) is 0 Å². The zero-order valence-corrected chi connectivity index (χ0v) is 13.1. The van der Waals surface area contributed by atoms with Crippen molar-refractivity contribution in [3.05, 3.63) is 80.6 Å². The lowest BCUT2D eigenvalue weighted by Gasteiger charge is -2.07. The van der Waals surface area contributed by atoms with Crippen LogP contribution < -0.4 is 10.7 Å². The lowest BCUT2D eigenvalue weighted by atomic mass is 10.1. The van der Waals surface area contributed by atoms with E-state index in [0.717, 1.165) is 32.6 Å². The summed E-state index contributed by atoms with van der Waals surface area (Å²) >= 11 is 5.86. The van der Waals surface area contributed by atoms with E-state index in [9.17, 15) is 4.79 Å². The van der Waals surface area contributed by atoms with Gasteiger partial charge in [0, 0.05) is 40.8 Å². The number of rotatable bonds is 4. The van der Waals surface area contributed by atoms with E-state index in [4.69, 9.17) is 11.6 Å². The van der Waals surface area contributed by atoms with Crippen LogP contribution in [0.1, 0.15) is 16.7 Å². The third-order valence-corrected chi connectivity index (χ3v) is 3.92. The van der Waals surface area contributed by atoms with Crippen LogP contribution in [0.3, 0.4) is 0 Å². The van der Waals surface area contributed by atoms with Crippen LogP contribution in [0.2, 0.25) is 5.02 Å². The molecule has 0 radical (unpaired) electrons. The van der Waals surface area contributed by atoms with Gasteiger partial charge in [-0.1, -0.05) is 35.4 Å². The fourth-order valence-electron chi connectivity index (χ4n) is 2.45. The van der Waals surface area contributed by atoms with E-state index in [-0.39, 0.29) is 5.43 Å². The first-order valence-electron chi connectivity index (χ1n) is 7.19. The molecule has 0 saturated carbocycles. The molecule has 0 atom stereocenters. The number of hydrogen-bond acceptors (Lipinski definition) is 2. The zero-order valence-electron chi connectivity index (χ0n) is 12.3. The summed E-state index contributed by atoms with van der Waals surface area (Å²) in [4.78, 5) is 15.7. The molecule has 0 amide bonds. The van der Waals surface area contributed by atoms with Crippen molar-refractivity contribution in [1.29, 1.82) is 0 Å². The number of halogens is 1. The quantitative estimate of drug-likeness (QED) is 0.770. The fourth-order valence-corrected chi connectivity index (χ4v) is 2.58. The predicted molar refractivity (Wildman–Crippen MR) is 91.3 cm³/mol. The van der Waals surface area contributed by atoms with Gasteiger partial charge in [-0.05, 0) is 36.8 Å². The van der Waals surface area contributed by atoms with Crippen molar-refractivity contribution >= 4 is 22.5 Å². The molecule has 3 rings (SSSR count). The molecule has 0 fully saturated rings. The summed E-state index contributed by atoms with van der Waals surface area (Å²) < 4.78 is 0. The van der Waals surface area contributed by atoms with E-state index in [1.807, 2.05) is 49.4 Å². The first kappa shape index (κ1) is 14.8. The topological polar surface area (TPSA) is 44.9 Å². The summed E-state index contributed by atoms with van der Waals surface area (Å²) in [5.41, 5.74) is 3.92. The van der Waals surface area contributed by atoms with Gasteiger partial charge in [-0.2, -0.15) is 0 Å². The van der Waals surface area contributed by atoms with E-state index in [2.05, 4.69) is 10.3 Å². The highest BCUT2D eigenvalue weighted by Gasteiger charge is 2.05. The molecule has 112 valence electrons. The van der Waals surface area contributed by atoms with Crippen LogP contribution in [-0.4, -0.2) is 4.98 Å². The second kappa shape index (κ2) is 6.34. The Kier molecular flexibility index (Phi) is 4.27. The number of aromatic amines is 1. The maximum absolute atomic E-state index is 12.5. The van der Waals surface area contributed by atoms with Crippen LogP contribution >= 0.6 is 11.6 Å². The van der Waals surface area contributed by atoms with Gasteiger partial charge in [-0.3, -0.25) is 4.79 Å². The van der Waals surface area contributed by atoms with Gasteiger partial charge in [0.15, 0.2) is 5.43 Å². The van der Waals surface area contributed by atoms with Crippen molar-refractivity contribution < 1.29 is 0 Å². The van der Waals surface area contributed by atoms with Gasteiger partial charge in [-0.25, -0.2) is 0 Å². The number of fused-ring (bicyclic) bond motifs is 1. The molecule has 2 aromatic carbocycles. The Labute approximate surface area is 133 Å². The van der Waals surface area contributed by atoms with Gasteiger partial charge < -0.3 is 10.3 Å². The molecular weight excluding hydrogens is 296 g/mol. The molecule has 3 aromatic rings. The number of aromatic nitrogens is 1. The van der Waals surface area contributed by atoms with Crippen molar-refractivity contribution in [3.8, 4) is 0 Å². The number of benzene rings is 2. The summed E-state index contributed by atoms with van der Waals surface area (Å²) in [7, 11) is 0. The number of H-pyrrole nitrogens is 1. The molecular formula is C18H17ClN2O. The third kappa shape index (κ3) is 3.21. The average Bonchev–Trinajstić information content (AvgIpc) is 2.52. The molecule has 1 aromatic heterocycles. The SMILES string of the molecule is Cc1ccc2[nH]cc(CNCc3ccc(Cl)cc3)c(=O)c2c1. The molecule has 2 N–H and O–H groups in total. The van der Waals surface area contributed by atoms with Gasteiger partial charge in [0.05, 0.1) is 0 Å². The molecule has 0 aliphatic heterocycles. The van der Waals surface area contributed by atoms with E-state index in [1.54, 1.807) is 6.20 Å². The first-order chi connectivity index (χ1) is 10.6. The largest absolute Gasteiger partial charge is 0.361 e. The minimum absolute atomic E-state index is 0.0843. The van der Waals surface area contributed by atoms with Gasteiger partial charge in [-0.15, -0.1) is 0 Å². The summed E-state index contributed by atoms with van der Waals surface area (Å²) in [6, 6.07) is 13.5. The molecule has 0 aliphatic rings. The molecule has 0 spiro atoms. The second-order valence-electron chi connectivity index (χ2n) is 5.42. The molecule has 1 heterocycles. The molecule has 0 saturated heterocycles. The Bertz CT molecular complexity index is 853. The highest BCUT2D eigenvalue weighted by atomic mass is 35.5. The predicted octanol–water partition coefficient (Wildman–Crippen LogP) is 3.78. The smallest absolute Gasteiger partial charge is 0.193 e. The van der Waals surface area contributed by atoms with E-state index >= 15 is 0 Å². The van der Waals surface area contributed by atoms with Crippen molar-refractivity contribution in [1.82, 2.24) is 10.3 Å². The van der Waals surface area contributed by atoms with Crippen LogP contribution in [-0.2, 0) is 13.1 Å². The number of aryl methyl sites for hydroxylation is 1. The third-order valence-electron chi connectivity index (χ3n) is 3.67. The average molecular weight is 313 g/mol. The molecule has 3 nitrogen and oxygen atoms in total. The Balaban J connectivity index is 1.75. The lowest BCUT2D eigenvalue weighted by molar-refractivity contribution is 0.689. The number of hydrogen-bond donors (Lipinski definition) is 2. The Morgan fingerprint density at radius 3 is 2.64 bits per heavy atom. The summed E-state index contributed by atoms with van der Waals surface area (Å²) in [6.07, 6.45) is 1.79. The number of nitrogens with one attached hydrogen (secondary N) is 2. The van der Waals surface area contributed by atoms with Gasteiger partial charge in [0.1, 0.15) is 0 Å². The van der Waals surface area contributed by atoms with E-state index in [0.29, 0.717) is 13.1 Å². The Hall–Kier alpha value is -2.10.